The number of phenolic OH excluding ortho intramolecular Hbond substituents is 1. The van der Waals surface area contributed by atoms with Gasteiger partial charge in [0, 0.05) is 23.7 Å². The smallest absolute Gasteiger partial charge is 0.262 e. The molecule has 0 radical (unpaired) electrons. The lowest BCUT2D eigenvalue weighted by molar-refractivity contribution is -0.118. The molecule has 0 saturated carbocycles. The Kier molecular flexibility index (Phi) is 6.05. The molecule has 1 aliphatic rings. The fourth-order valence-corrected chi connectivity index (χ4v) is 3.49. The molecule has 0 saturated heterocycles. The summed E-state index contributed by atoms with van der Waals surface area (Å²) in [6.07, 6.45) is -0.273. The molecule has 1 heterocycles. The highest BCUT2D eigenvalue weighted by atomic mass is 35.5. The number of carbonyl (C=O) groups excluding carboxylic acids is 1. The van der Waals surface area contributed by atoms with E-state index in [2.05, 4.69) is 10.6 Å². The van der Waals surface area contributed by atoms with Crippen LogP contribution in [0.5, 0.6) is 11.5 Å². The predicted molar refractivity (Wildman–Crippen MR) is 109 cm³/mol. The molecule has 1 amide bonds. The van der Waals surface area contributed by atoms with Crippen molar-refractivity contribution in [3.05, 3.63) is 51.5 Å². The summed E-state index contributed by atoms with van der Waals surface area (Å²) >= 11 is 12.0. The van der Waals surface area contributed by atoms with Crippen molar-refractivity contribution >= 4 is 34.8 Å². The van der Waals surface area contributed by atoms with Crippen LogP contribution in [0, 0.1) is 0 Å². The second-order valence-corrected chi connectivity index (χ2v) is 8.27. The van der Waals surface area contributed by atoms with Gasteiger partial charge < -0.3 is 25.6 Å². The summed E-state index contributed by atoms with van der Waals surface area (Å²) in [5, 5.41) is 27.5. The van der Waals surface area contributed by atoms with Crippen molar-refractivity contribution in [2.45, 2.75) is 31.9 Å². The van der Waals surface area contributed by atoms with Gasteiger partial charge in [-0.1, -0.05) is 29.3 Å². The van der Waals surface area contributed by atoms with Gasteiger partial charge in [0.2, 0.25) is 0 Å². The highest BCUT2D eigenvalue weighted by molar-refractivity contribution is 6.42. The molecule has 2 aromatic carbocycles. The highest BCUT2D eigenvalue weighted by Crippen LogP contribution is 2.38. The van der Waals surface area contributed by atoms with E-state index in [4.69, 9.17) is 27.9 Å². The average Bonchev–Trinajstić information content (AvgIpc) is 2.61. The van der Waals surface area contributed by atoms with Crippen LogP contribution in [0.4, 0.5) is 5.69 Å². The topological polar surface area (TPSA) is 90.8 Å². The SMILES string of the molecule is CC(C)(Cc1ccc(Cl)c(Cl)c1)NCC(O)c1cc(O)cc2c1OCC(=O)N2. The molecule has 4 N–H and O–H groups in total. The zero-order valence-corrected chi connectivity index (χ0v) is 17.1. The summed E-state index contributed by atoms with van der Waals surface area (Å²) in [5.41, 5.74) is 1.43. The van der Waals surface area contributed by atoms with Gasteiger partial charge in [-0.2, -0.15) is 0 Å². The molecular formula is C20H22Cl2N2O4. The van der Waals surface area contributed by atoms with Crippen LogP contribution in [-0.4, -0.2) is 34.8 Å². The first-order valence-electron chi connectivity index (χ1n) is 8.81. The van der Waals surface area contributed by atoms with Crippen molar-refractivity contribution in [3.8, 4) is 11.5 Å². The van der Waals surface area contributed by atoms with E-state index in [1.54, 1.807) is 6.07 Å². The van der Waals surface area contributed by atoms with Gasteiger partial charge in [-0.25, -0.2) is 0 Å². The van der Waals surface area contributed by atoms with Gasteiger partial charge >= 0.3 is 0 Å². The highest BCUT2D eigenvalue weighted by Gasteiger charge is 2.26. The number of β-amino-alcohol motifs (C(OH)–C–C–N with tert-alkyl or cyclic N) is 1. The molecule has 150 valence electrons. The number of hydrogen-bond acceptors (Lipinski definition) is 5. The maximum atomic E-state index is 11.5. The number of carbonyl (C=O) groups is 1. The molecule has 1 atom stereocenters. The molecule has 0 bridgehead atoms. The van der Waals surface area contributed by atoms with E-state index in [0.717, 1.165) is 5.56 Å². The maximum absolute atomic E-state index is 11.5. The Morgan fingerprint density at radius 1 is 1.25 bits per heavy atom. The van der Waals surface area contributed by atoms with Crippen LogP contribution in [0.3, 0.4) is 0 Å². The summed E-state index contributed by atoms with van der Waals surface area (Å²) in [7, 11) is 0. The van der Waals surface area contributed by atoms with Crippen molar-refractivity contribution < 1.29 is 19.7 Å². The van der Waals surface area contributed by atoms with E-state index in [9.17, 15) is 15.0 Å². The molecular weight excluding hydrogens is 403 g/mol. The van der Waals surface area contributed by atoms with Crippen molar-refractivity contribution in [1.82, 2.24) is 5.32 Å². The third kappa shape index (κ3) is 4.89. The number of hydrogen-bond donors (Lipinski definition) is 4. The Bertz CT molecular complexity index is 902. The van der Waals surface area contributed by atoms with Crippen LogP contribution < -0.4 is 15.4 Å². The van der Waals surface area contributed by atoms with Gasteiger partial charge in [0.05, 0.1) is 21.8 Å². The number of aliphatic hydroxyl groups is 1. The molecule has 1 aliphatic heterocycles. The van der Waals surface area contributed by atoms with Crippen LogP contribution in [0.25, 0.3) is 0 Å². The summed E-state index contributed by atoms with van der Waals surface area (Å²) in [6, 6.07) is 8.33. The number of nitrogens with one attached hydrogen (secondary N) is 2. The van der Waals surface area contributed by atoms with Gasteiger partial charge in [0.1, 0.15) is 11.5 Å². The van der Waals surface area contributed by atoms with Crippen LogP contribution in [0.15, 0.2) is 30.3 Å². The predicted octanol–water partition coefficient (Wildman–Crippen LogP) is 3.67. The summed E-state index contributed by atoms with van der Waals surface area (Å²) in [5.74, 6) is 0.00192. The zero-order valence-electron chi connectivity index (χ0n) is 15.6. The molecule has 6 nitrogen and oxygen atoms in total. The van der Waals surface area contributed by atoms with Gasteiger partial charge in [-0.3, -0.25) is 4.79 Å². The minimum absolute atomic E-state index is 0.0614. The lowest BCUT2D eigenvalue weighted by atomic mass is 9.94. The number of aromatic hydroxyl groups is 1. The minimum Gasteiger partial charge on any atom is -0.508 e. The number of ether oxygens (including phenoxy) is 1. The molecule has 0 aliphatic carbocycles. The van der Waals surface area contributed by atoms with Crippen molar-refractivity contribution in [3.63, 3.8) is 0 Å². The number of halogens is 2. The second kappa shape index (κ2) is 8.17. The second-order valence-electron chi connectivity index (χ2n) is 7.45. The first kappa shape index (κ1) is 20.7. The van der Waals surface area contributed by atoms with Gasteiger partial charge in [0.25, 0.3) is 5.91 Å². The fraction of sp³-hybridized carbons (Fsp3) is 0.350. The molecule has 0 aromatic heterocycles. The number of fused-ring (bicyclic) bond motifs is 1. The van der Waals surface area contributed by atoms with E-state index in [0.29, 0.717) is 33.5 Å². The third-order valence-corrected chi connectivity index (χ3v) is 5.23. The van der Waals surface area contributed by atoms with Crippen molar-refractivity contribution in [1.29, 1.82) is 0 Å². The third-order valence-electron chi connectivity index (χ3n) is 4.49. The van der Waals surface area contributed by atoms with Crippen molar-refractivity contribution in [2.75, 3.05) is 18.5 Å². The first-order chi connectivity index (χ1) is 13.1. The number of benzene rings is 2. The molecule has 0 spiro atoms. The Morgan fingerprint density at radius 2 is 2.00 bits per heavy atom. The molecule has 8 heteroatoms. The van der Waals surface area contributed by atoms with Gasteiger partial charge in [-0.05, 0) is 44.0 Å². The summed E-state index contributed by atoms with van der Waals surface area (Å²) in [6.45, 7) is 4.11. The average molecular weight is 425 g/mol. The minimum atomic E-state index is -0.941. The van der Waals surface area contributed by atoms with Gasteiger partial charge in [-0.15, -0.1) is 0 Å². The number of anilines is 1. The Morgan fingerprint density at radius 3 is 2.71 bits per heavy atom. The summed E-state index contributed by atoms with van der Waals surface area (Å²) in [4.78, 5) is 11.5. The fourth-order valence-electron chi connectivity index (χ4n) is 3.17. The number of phenols is 1. The lowest BCUT2D eigenvalue weighted by Crippen LogP contribution is -2.43. The molecule has 2 aromatic rings. The molecule has 0 fully saturated rings. The Balaban J connectivity index is 1.70. The van der Waals surface area contributed by atoms with E-state index < -0.39 is 6.10 Å². The quantitative estimate of drug-likeness (QED) is 0.567. The van der Waals surface area contributed by atoms with E-state index >= 15 is 0 Å². The van der Waals surface area contributed by atoms with Crippen LogP contribution in [0.1, 0.15) is 31.1 Å². The van der Waals surface area contributed by atoms with E-state index in [1.807, 2.05) is 26.0 Å². The molecule has 28 heavy (non-hydrogen) atoms. The normalized spacial score (nSPS) is 14.8. The molecule has 3 rings (SSSR count). The standard InChI is InChI=1S/C20H22Cl2N2O4/c1-20(2,8-11-3-4-14(21)15(22)5-11)23-9-17(26)13-6-12(25)7-16-19(13)28-10-18(27)24-16/h3-7,17,23,25-26H,8-10H2,1-2H3,(H,24,27). The summed E-state index contributed by atoms with van der Waals surface area (Å²) < 4.78 is 5.46. The zero-order chi connectivity index (χ0) is 20.5. The largest absolute Gasteiger partial charge is 0.508 e. The number of aliphatic hydroxyl groups excluding tert-OH is 1. The monoisotopic (exact) mass is 424 g/mol. The van der Waals surface area contributed by atoms with Crippen LogP contribution in [-0.2, 0) is 11.2 Å². The van der Waals surface area contributed by atoms with E-state index in [1.165, 1.54) is 12.1 Å². The lowest BCUT2D eigenvalue weighted by Gasteiger charge is -2.29. The van der Waals surface area contributed by atoms with E-state index in [-0.39, 0.29) is 30.3 Å². The first-order valence-corrected chi connectivity index (χ1v) is 9.57. The Labute approximate surface area is 173 Å². The van der Waals surface area contributed by atoms with Gasteiger partial charge in [0.15, 0.2) is 6.61 Å². The maximum Gasteiger partial charge on any atom is 0.262 e. The molecule has 1 unspecified atom stereocenters. The van der Waals surface area contributed by atoms with Crippen LogP contribution in [0.2, 0.25) is 10.0 Å². The van der Waals surface area contributed by atoms with Crippen molar-refractivity contribution in [2.24, 2.45) is 0 Å². The number of rotatable bonds is 6. The number of amides is 1. The van der Waals surface area contributed by atoms with Crippen LogP contribution >= 0.6 is 23.2 Å². The Hall–Kier alpha value is -1.99.